The Morgan fingerprint density at radius 1 is 1.14 bits per heavy atom. The van der Waals surface area contributed by atoms with Gasteiger partial charge in [0.1, 0.15) is 5.82 Å². The number of aryl methyl sites for hydroxylation is 1. The van der Waals surface area contributed by atoms with Crippen LogP contribution in [0.4, 0.5) is 10.1 Å². The molecule has 0 fully saturated rings. The maximum Gasteiger partial charge on any atom is 0.261 e. The SMILES string of the molecule is Cc1ccc(NS(=O)(=O)c2ccc(C(C)N)cc2)c(F)c1. The van der Waals surface area contributed by atoms with Crippen molar-refractivity contribution >= 4 is 15.7 Å². The molecule has 1 atom stereocenters. The number of anilines is 1. The highest BCUT2D eigenvalue weighted by Crippen LogP contribution is 2.21. The van der Waals surface area contributed by atoms with Gasteiger partial charge in [-0.2, -0.15) is 0 Å². The Labute approximate surface area is 123 Å². The Morgan fingerprint density at radius 3 is 2.29 bits per heavy atom. The van der Waals surface area contributed by atoms with Crippen molar-refractivity contribution in [1.29, 1.82) is 0 Å². The van der Waals surface area contributed by atoms with E-state index in [1.54, 1.807) is 25.1 Å². The van der Waals surface area contributed by atoms with Crippen LogP contribution in [-0.2, 0) is 10.0 Å². The van der Waals surface area contributed by atoms with Crippen molar-refractivity contribution in [3.8, 4) is 0 Å². The molecule has 0 saturated heterocycles. The number of nitrogens with two attached hydrogens (primary N) is 1. The van der Waals surface area contributed by atoms with E-state index in [4.69, 9.17) is 5.73 Å². The summed E-state index contributed by atoms with van der Waals surface area (Å²) in [5.41, 5.74) is 7.19. The maximum atomic E-state index is 13.7. The van der Waals surface area contributed by atoms with E-state index in [0.717, 1.165) is 11.1 Å². The highest BCUT2D eigenvalue weighted by Gasteiger charge is 2.16. The van der Waals surface area contributed by atoms with Crippen LogP contribution >= 0.6 is 0 Å². The molecule has 2 aromatic rings. The molecule has 3 N–H and O–H groups in total. The quantitative estimate of drug-likeness (QED) is 0.912. The summed E-state index contributed by atoms with van der Waals surface area (Å²) >= 11 is 0. The summed E-state index contributed by atoms with van der Waals surface area (Å²) in [4.78, 5) is 0.0619. The first-order valence-electron chi connectivity index (χ1n) is 6.44. The average Bonchev–Trinajstić information content (AvgIpc) is 2.42. The predicted molar refractivity (Wildman–Crippen MR) is 81.0 cm³/mol. The van der Waals surface area contributed by atoms with E-state index in [0.29, 0.717) is 0 Å². The van der Waals surface area contributed by atoms with Crippen molar-refractivity contribution in [3.05, 3.63) is 59.4 Å². The Bertz CT molecular complexity index is 741. The topological polar surface area (TPSA) is 72.2 Å². The second-order valence-corrected chi connectivity index (χ2v) is 6.63. The van der Waals surface area contributed by atoms with E-state index in [1.807, 2.05) is 6.92 Å². The summed E-state index contributed by atoms with van der Waals surface area (Å²) in [5, 5.41) is 0. The van der Waals surface area contributed by atoms with Gasteiger partial charge < -0.3 is 5.73 Å². The molecule has 0 radical (unpaired) electrons. The molecular weight excluding hydrogens is 291 g/mol. The zero-order valence-electron chi connectivity index (χ0n) is 11.8. The summed E-state index contributed by atoms with van der Waals surface area (Å²) < 4.78 is 40.4. The van der Waals surface area contributed by atoms with Crippen molar-refractivity contribution < 1.29 is 12.8 Å². The van der Waals surface area contributed by atoms with Crippen molar-refractivity contribution in [2.45, 2.75) is 24.8 Å². The molecule has 0 aromatic heterocycles. The third-order valence-electron chi connectivity index (χ3n) is 3.09. The lowest BCUT2D eigenvalue weighted by Crippen LogP contribution is -2.14. The third kappa shape index (κ3) is 3.59. The minimum atomic E-state index is -3.82. The minimum Gasteiger partial charge on any atom is -0.324 e. The second kappa shape index (κ2) is 5.83. The van der Waals surface area contributed by atoms with Gasteiger partial charge in [-0.15, -0.1) is 0 Å². The van der Waals surface area contributed by atoms with E-state index in [-0.39, 0.29) is 16.6 Å². The van der Waals surface area contributed by atoms with Crippen molar-refractivity contribution in [2.75, 3.05) is 4.72 Å². The van der Waals surface area contributed by atoms with Gasteiger partial charge in [-0.1, -0.05) is 18.2 Å². The fraction of sp³-hybridized carbons (Fsp3) is 0.200. The van der Waals surface area contributed by atoms with Crippen molar-refractivity contribution in [2.24, 2.45) is 5.73 Å². The Morgan fingerprint density at radius 2 is 1.76 bits per heavy atom. The number of sulfonamides is 1. The highest BCUT2D eigenvalue weighted by atomic mass is 32.2. The molecule has 0 bridgehead atoms. The molecule has 0 aliphatic carbocycles. The largest absolute Gasteiger partial charge is 0.324 e. The van der Waals surface area contributed by atoms with Crippen LogP contribution in [0.5, 0.6) is 0 Å². The average molecular weight is 308 g/mol. The zero-order valence-corrected chi connectivity index (χ0v) is 12.6. The van der Waals surface area contributed by atoms with Crippen molar-refractivity contribution in [3.63, 3.8) is 0 Å². The van der Waals surface area contributed by atoms with E-state index in [2.05, 4.69) is 4.72 Å². The molecule has 2 aromatic carbocycles. The van der Waals surface area contributed by atoms with Gasteiger partial charge in [-0.05, 0) is 49.2 Å². The van der Waals surface area contributed by atoms with Gasteiger partial charge in [0.25, 0.3) is 10.0 Å². The summed E-state index contributed by atoms with van der Waals surface area (Å²) in [5.74, 6) is -0.606. The van der Waals surface area contributed by atoms with Gasteiger partial charge >= 0.3 is 0 Å². The number of nitrogens with one attached hydrogen (secondary N) is 1. The van der Waals surface area contributed by atoms with E-state index in [9.17, 15) is 12.8 Å². The fourth-order valence-corrected chi connectivity index (χ4v) is 2.92. The van der Waals surface area contributed by atoms with Gasteiger partial charge in [-0.3, -0.25) is 4.72 Å². The third-order valence-corrected chi connectivity index (χ3v) is 4.47. The standard InChI is InChI=1S/C15H17FN2O2S/c1-10-3-8-15(14(16)9-10)18-21(19,20)13-6-4-12(5-7-13)11(2)17/h3-9,11,18H,17H2,1-2H3. The van der Waals surface area contributed by atoms with E-state index < -0.39 is 15.8 Å². The van der Waals surface area contributed by atoms with Gasteiger partial charge in [0.05, 0.1) is 10.6 Å². The van der Waals surface area contributed by atoms with Gasteiger partial charge in [-0.25, -0.2) is 12.8 Å². The molecule has 112 valence electrons. The smallest absolute Gasteiger partial charge is 0.261 e. The number of benzene rings is 2. The molecular formula is C15H17FN2O2S. The molecule has 0 aliphatic heterocycles. The lowest BCUT2D eigenvalue weighted by atomic mass is 10.1. The van der Waals surface area contributed by atoms with Gasteiger partial charge in [0, 0.05) is 6.04 Å². The summed E-state index contributed by atoms with van der Waals surface area (Å²) in [6.07, 6.45) is 0. The van der Waals surface area contributed by atoms with Crippen LogP contribution in [0.15, 0.2) is 47.4 Å². The molecule has 0 saturated carbocycles. The van der Waals surface area contributed by atoms with E-state index in [1.165, 1.54) is 24.3 Å². The fourth-order valence-electron chi connectivity index (χ4n) is 1.86. The summed E-state index contributed by atoms with van der Waals surface area (Å²) in [6.45, 7) is 3.54. The van der Waals surface area contributed by atoms with E-state index >= 15 is 0 Å². The second-order valence-electron chi connectivity index (χ2n) is 4.95. The van der Waals surface area contributed by atoms with Gasteiger partial charge in [0.15, 0.2) is 0 Å². The molecule has 0 heterocycles. The zero-order chi connectivity index (χ0) is 15.6. The molecule has 6 heteroatoms. The first kappa shape index (κ1) is 15.5. The molecule has 4 nitrogen and oxygen atoms in total. The molecule has 0 amide bonds. The Kier molecular flexibility index (Phi) is 4.29. The summed E-state index contributed by atoms with van der Waals surface area (Å²) in [6, 6.07) is 10.3. The first-order valence-corrected chi connectivity index (χ1v) is 7.92. The number of rotatable bonds is 4. The Balaban J connectivity index is 2.29. The van der Waals surface area contributed by atoms with Crippen LogP contribution in [0.25, 0.3) is 0 Å². The number of hydrogen-bond donors (Lipinski definition) is 2. The molecule has 2 rings (SSSR count). The van der Waals surface area contributed by atoms with Crippen LogP contribution in [0.3, 0.4) is 0 Å². The highest BCUT2D eigenvalue weighted by molar-refractivity contribution is 7.92. The van der Waals surface area contributed by atoms with Crippen LogP contribution < -0.4 is 10.5 Å². The first-order chi connectivity index (χ1) is 9.79. The monoisotopic (exact) mass is 308 g/mol. The molecule has 0 aliphatic rings. The number of halogens is 1. The maximum absolute atomic E-state index is 13.7. The van der Waals surface area contributed by atoms with Crippen LogP contribution in [0.2, 0.25) is 0 Å². The van der Waals surface area contributed by atoms with Crippen LogP contribution in [0, 0.1) is 12.7 Å². The molecule has 1 unspecified atom stereocenters. The van der Waals surface area contributed by atoms with Crippen molar-refractivity contribution in [1.82, 2.24) is 0 Å². The predicted octanol–water partition coefficient (Wildman–Crippen LogP) is 2.95. The van der Waals surface area contributed by atoms with Crippen LogP contribution in [-0.4, -0.2) is 8.42 Å². The Hall–Kier alpha value is -1.92. The minimum absolute atomic E-state index is 0.0619. The lowest BCUT2D eigenvalue weighted by Gasteiger charge is -2.11. The number of hydrogen-bond acceptors (Lipinski definition) is 3. The summed E-state index contributed by atoms with van der Waals surface area (Å²) in [7, 11) is -3.82. The molecule has 0 spiro atoms. The molecule has 21 heavy (non-hydrogen) atoms. The normalized spacial score (nSPS) is 13.0. The van der Waals surface area contributed by atoms with Crippen LogP contribution in [0.1, 0.15) is 24.1 Å². The van der Waals surface area contributed by atoms with Gasteiger partial charge in [0.2, 0.25) is 0 Å². The lowest BCUT2D eigenvalue weighted by molar-refractivity contribution is 0.598.